The molecule has 0 radical (unpaired) electrons. The highest BCUT2D eigenvalue weighted by Gasteiger charge is 2.37. The summed E-state index contributed by atoms with van der Waals surface area (Å²) in [5, 5.41) is 0. The number of carbonyl (C=O) groups excluding carboxylic acids is 2. The quantitative estimate of drug-likeness (QED) is 0.642. The van der Waals surface area contributed by atoms with Gasteiger partial charge in [-0.2, -0.15) is 0 Å². The Balaban J connectivity index is 2.03. The monoisotopic (exact) mass is 441 g/mol. The number of nitrogens with zero attached hydrogens (tertiary/aromatic N) is 3. The van der Waals surface area contributed by atoms with Crippen LogP contribution >= 0.6 is 0 Å². The first kappa shape index (κ1) is 23.3. The molecule has 3 rings (SSSR count). The summed E-state index contributed by atoms with van der Waals surface area (Å²) >= 11 is 0. The number of H-pyrrole nitrogens is 1. The molecule has 2 heterocycles. The molecule has 9 heteroatoms. The topological polar surface area (TPSA) is 122 Å². The highest BCUT2D eigenvalue weighted by atomic mass is 16.2. The molecule has 1 saturated heterocycles. The Labute approximate surface area is 186 Å². The van der Waals surface area contributed by atoms with E-state index in [4.69, 9.17) is 5.73 Å². The number of hydrogen-bond acceptors (Lipinski definition) is 5. The van der Waals surface area contributed by atoms with Gasteiger partial charge >= 0.3 is 5.69 Å². The minimum atomic E-state index is -0.703. The van der Waals surface area contributed by atoms with E-state index in [9.17, 15) is 19.2 Å². The minimum absolute atomic E-state index is 0.0337. The highest BCUT2D eigenvalue weighted by molar-refractivity contribution is 6.00. The lowest BCUT2D eigenvalue weighted by molar-refractivity contribution is -0.128. The fourth-order valence-electron chi connectivity index (χ4n) is 3.94. The van der Waals surface area contributed by atoms with E-state index in [2.05, 4.69) is 4.98 Å². The molecule has 0 spiro atoms. The third-order valence-corrected chi connectivity index (χ3v) is 5.81. The molecular formula is C23H31N5O4. The molecular weight excluding hydrogens is 410 g/mol. The zero-order valence-electron chi connectivity index (χ0n) is 18.8. The van der Waals surface area contributed by atoms with Gasteiger partial charge in [-0.05, 0) is 24.8 Å². The largest absolute Gasteiger partial charge is 0.383 e. The van der Waals surface area contributed by atoms with Crippen molar-refractivity contribution in [3.05, 3.63) is 56.7 Å². The van der Waals surface area contributed by atoms with Crippen LogP contribution < -0.4 is 21.9 Å². The van der Waals surface area contributed by atoms with E-state index >= 15 is 0 Å². The lowest BCUT2D eigenvalue weighted by atomic mass is 10.0. The second-order valence-corrected chi connectivity index (χ2v) is 8.57. The number of benzene rings is 1. The van der Waals surface area contributed by atoms with Crippen molar-refractivity contribution in [3.8, 4) is 0 Å². The SMILES string of the molecule is CCN1CC(C(=O)N(CCC(C)C)c2c(N)n(Cc3ccccc3)c(=O)[nH]c2=O)CC1=O. The summed E-state index contributed by atoms with van der Waals surface area (Å²) in [6, 6.07) is 9.25. The van der Waals surface area contributed by atoms with Crippen molar-refractivity contribution in [2.24, 2.45) is 11.8 Å². The first-order valence-corrected chi connectivity index (χ1v) is 11.0. The van der Waals surface area contributed by atoms with E-state index < -0.39 is 17.2 Å². The van der Waals surface area contributed by atoms with Gasteiger partial charge in [-0.25, -0.2) is 4.79 Å². The fourth-order valence-corrected chi connectivity index (χ4v) is 3.94. The Bertz CT molecular complexity index is 1090. The molecule has 1 aromatic heterocycles. The van der Waals surface area contributed by atoms with E-state index in [1.165, 1.54) is 9.47 Å². The Morgan fingerprint density at radius 2 is 1.91 bits per heavy atom. The molecule has 2 aromatic rings. The van der Waals surface area contributed by atoms with Crippen molar-refractivity contribution in [2.75, 3.05) is 30.3 Å². The van der Waals surface area contributed by atoms with Gasteiger partial charge in [-0.3, -0.25) is 23.9 Å². The van der Waals surface area contributed by atoms with Crippen molar-refractivity contribution in [1.29, 1.82) is 0 Å². The van der Waals surface area contributed by atoms with E-state index in [-0.39, 0.29) is 48.7 Å². The van der Waals surface area contributed by atoms with Crippen LogP contribution in [0.25, 0.3) is 0 Å². The van der Waals surface area contributed by atoms with Crippen LogP contribution in [0.3, 0.4) is 0 Å². The maximum atomic E-state index is 13.5. The lowest BCUT2D eigenvalue weighted by Gasteiger charge is -2.27. The van der Waals surface area contributed by atoms with Crippen molar-refractivity contribution in [2.45, 2.75) is 40.2 Å². The van der Waals surface area contributed by atoms with E-state index in [0.29, 0.717) is 19.5 Å². The van der Waals surface area contributed by atoms with Crippen molar-refractivity contribution < 1.29 is 9.59 Å². The van der Waals surface area contributed by atoms with Gasteiger partial charge in [0.1, 0.15) is 5.82 Å². The Hall–Kier alpha value is -3.36. The standard InChI is InChI=1S/C23H31N5O4/c1-4-26-14-17(12-18(26)29)22(31)27(11-10-15(2)3)19-20(24)28(23(32)25-21(19)30)13-16-8-6-5-7-9-16/h5-9,15,17H,4,10-14,24H2,1-3H3,(H,25,30,32). The molecule has 0 saturated carbocycles. The smallest absolute Gasteiger partial charge is 0.330 e. The van der Waals surface area contributed by atoms with Gasteiger partial charge < -0.3 is 15.5 Å². The molecule has 2 amide bonds. The van der Waals surface area contributed by atoms with Crippen LogP contribution in [0.2, 0.25) is 0 Å². The summed E-state index contributed by atoms with van der Waals surface area (Å²) in [6.45, 7) is 7.17. The molecule has 1 fully saturated rings. The van der Waals surface area contributed by atoms with Crippen LogP contribution in [0, 0.1) is 11.8 Å². The lowest BCUT2D eigenvalue weighted by Crippen LogP contribution is -2.44. The van der Waals surface area contributed by atoms with Crippen LogP contribution in [0.1, 0.15) is 39.2 Å². The van der Waals surface area contributed by atoms with Gasteiger partial charge in [0.05, 0.1) is 12.5 Å². The number of rotatable bonds is 8. The number of aromatic nitrogens is 2. The average molecular weight is 442 g/mol. The van der Waals surface area contributed by atoms with Gasteiger partial charge in [0.15, 0.2) is 5.69 Å². The molecule has 3 N–H and O–H groups in total. The first-order chi connectivity index (χ1) is 15.2. The Morgan fingerprint density at radius 1 is 1.22 bits per heavy atom. The van der Waals surface area contributed by atoms with E-state index in [1.54, 1.807) is 4.90 Å². The fraction of sp³-hybridized carbons (Fsp3) is 0.478. The average Bonchev–Trinajstić information content (AvgIpc) is 3.14. The number of anilines is 2. The molecule has 1 aliphatic heterocycles. The van der Waals surface area contributed by atoms with Gasteiger partial charge in [0.2, 0.25) is 11.8 Å². The predicted octanol–water partition coefficient (Wildman–Crippen LogP) is 1.41. The van der Waals surface area contributed by atoms with Gasteiger partial charge in [-0.15, -0.1) is 0 Å². The molecule has 32 heavy (non-hydrogen) atoms. The van der Waals surface area contributed by atoms with Gasteiger partial charge in [-0.1, -0.05) is 44.2 Å². The molecule has 0 aliphatic carbocycles. The maximum absolute atomic E-state index is 13.5. The zero-order chi connectivity index (χ0) is 23.4. The molecule has 1 atom stereocenters. The summed E-state index contributed by atoms with van der Waals surface area (Å²) in [5.74, 6) is -0.736. The Kier molecular flexibility index (Phi) is 7.17. The Morgan fingerprint density at radius 3 is 2.50 bits per heavy atom. The van der Waals surface area contributed by atoms with E-state index in [0.717, 1.165) is 5.56 Å². The van der Waals surface area contributed by atoms with Crippen molar-refractivity contribution in [1.82, 2.24) is 14.5 Å². The third-order valence-electron chi connectivity index (χ3n) is 5.81. The number of nitrogen functional groups attached to an aromatic ring is 1. The zero-order valence-corrected chi connectivity index (χ0v) is 18.8. The van der Waals surface area contributed by atoms with Crippen LogP contribution in [-0.4, -0.2) is 45.9 Å². The summed E-state index contributed by atoms with van der Waals surface area (Å²) in [6.07, 6.45) is 0.743. The number of hydrogen-bond donors (Lipinski definition) is 2. The van der Waals surface area contributed by atoms with Crippen LogP contribution in [0.4, 0.5) is 11.5 Å². The summed E-state index contributed by atoms with van der Waals surface area (Å²) < 4.78 is 1.26. The number of carbonyl (C=O) groups is 2. The first-order valence-electron chi connectivity index (χ1n) is 11.0. The molecule has 9 nitrogen and oxygen atoms in total. The van der Waals surface area contributed by atoms with Gasteiger partial charge in [0, 0.05) is 26.1 Å². The summed E-state index contributed by atoms with van der Waals surface area (Å²) in [4.78, 5) is 56.4. The van der Waals surface area contributed by atoms with Crippen molar-refractivity contribution >= 4 is 23.3 Å². The predicted molar refractivity (Wildman–Crippen MR) is 123 cm³/mol. The molecule has 1 aromatic carbocycles. The maximum Gasteiger partial charge on any atom is 0.330 e. The number of nitrogens with one attached hydrogen (secondary N) is 1. The number of aromatic amines is 1. The molecule has 0 bridgehead atoms. The van der Waals surface area contributed by atoms with Crippen molar-refractivity contribution in [3.63, 3.8) is 0 Å². The van der Waals surface area contributed by atoms with E-state index in [1.807, 2.05) is 51.1 Å². The second kappa shape index (κ2) is 9.84. The number of amides is 2. The molecule has 172 valence electrons. The number of likely N-dealkylation sites (tertiary alicyclic amines) is 1. The molecule has 1 unspecified atom stereocenters. The third kappa shape index (κ3) is 4.92. The minimum Gasteiger partial charge on any atom is -0.383 e. The molecule has 1 aliphatic rings. The summed E-state index contributed by atoms with van der Waals surface area (Å²) in [5.41, 5.74) is 5.79. The number of nitrogens with two attached hydrogens (primary N) is 1. The van der Waals surface area contributed by atoms with Crippen LogP contribution in [0.5, 0.6) is 0 Å². The van der Waals surface area contributed by atoms with Crippen LogP contribution in [0.15, 0.2) is 39.9 Å². The van der Waals surface area contributed by atoms with Gasteiger partial charge in [0.25, 0.3) is 5.56 Å². The van der Waals surface area contributed by atoms with Crippen LogP contribution in [-0.2, 0) is 16.1 Å². The second-order valence-electron chi connectivity index (χ2n) is 8.57. The normalized spacial score (nSPS) is 16.1. The highest BCUT2D eigenvalue weighted by Crippen LogP contribution is 2.25. The summed E-state index contributed by atoms with van der Waals surface area (Å²) in [7, 11) is 0.